The van der Waals surface area contributed by atoms with Crippen molar-refractivity contribution in [1.29, 1.82) is 0 Å². The predicted octanol–water partition coefficient (Wildman–Crippen LogP) is 4.39. The third-order valence-corrected chi connectivity index (χ3v) is 3.81. The van der Waals surface area contributed by atoms with Gasteiger partial charge < -0.3 is 15.4 Å². The lowest BCUT2D eigenvalue weighted by Gasteiger charge is -2.11. The number of aromatic amines is 1. The van der Waals surface area contributed by atoms with E-state index in [0.29, 0.717) is 12.1 Å². The van der Waals surface area contributed by atoms with Crippen LogP contribution in [-0.2, 0) is 4.79 Å². The Morgan fingerprint density at radius 3 is 2.71 bits per heavy atom. The quantitative estimate of drug-likeness (QED) is 0.466. The van der Waals surface area contributed by atoms with Crippen molar-refractivity contribution in [1.82, 2.24) is 4.98 Å². The van der Waals surface area contributed by atoms with Crippen LogP contribution in [0.1, 0.15) is 11.1 Å². The average Bonchev–Trinajstić information content (AvgIpc) is 3.01. The van der Waals surface area contributed by atoms with Gasteiger partial charge in [0.05, 0.1) is 5.57 Å². The summed E-state index contributed by atoms with van der Waals surface area (Å²) in [6.07, 6.45) is 5.27. The van der Waals surface area contributed by atoms with Crippen LogP contribution >= 0.6 is 0 Å². The maximum atomic E-state index is 11.9. The lowest BCUT2D eigenvalue weighted by molar-refractivity contribution is -0.130. The molecule has 0 unspecified atom stereocenters. The molecule has 0 spiro atoms. The molecule has 1 heterocycles. The van der Waals surface area contributed by atoms with E-state index < -0.39 is 5.97 Å². The summed E-state index contributed by atoms with van der Waals surface area (Å²) >= 11 is 0. The van der Waals surface area contributed by atoms with Gasteiger partial charge in [-0.05, 0) is 18.2 Å². The minimum absolute atomic E-state index is 0.243. The zero-order valence-corrected chi connectivity index (χ0v) is 13.1. The second kappa shape index (κ2) is 6.87. The van der Waals surface area contributed by atoms with E-state index in [1.165, 1.54) is 0 Å². The normalized spacial score (nSPS) is 11.4. The Kier molecular flexibility index (Phi) is 4.47. The molecular weight excluding hydrogens is 300 g/mol. The number of hydrogen-bond acceptors (Lipinski definition) is 2. The molecule has 0 saturated carbocycles. The van der Waals surface area contributed by atoms with Crippen molar-refractivity contribution < 1.29 is 9.90 Å². The van der Waals surface area contributed by atoms with Crippen molar-refractivity contribution in [2.24, 2.45) is 0 Å². The molecule has 0 aliphatic carbocycles. The fourth-order valence-electron chi connectivity index (χ4n) is 2.68. The maximum Gasteiger partial charge on any atom is 0.336 e. The van der Waals surface area contributed by atoms with Crippen LogP contribution in [0.25, 0.3) is 22.6 Å². The second-order valence-corrected chi connectivity index (χ2v) is 5.37. The van der Waals surface area contributed by atoms with E-state index in [9.17, 15) is 9.90 Å². The first-order chi connectivity index (χ1) is 11.7. The average molecular weight is 318 g/mol. The molecule has 1 aromatic heterocycles. The number of para-hydroxylation sites is 2. The molecule has 2 aromatic carbocycles. The molecule has 3 N–H and O–H groups in total. The van der Waals surface area contributed by atoms with Gasteiger partial charge in [-0.1, -0.05) is 42.5 Å². The highest BCUT2D eigenvalue weighted by atomic mass is 16.4. The number of carboxylic acids is 1. The highest BCUT2D eigenvalue weighted by molar-refractivity contribution is 6.23. The molecule has 0 atom stereocenters. The van der Waals surface area contributed by atoms with Crippen LogP contribution in [0.5, 0.6) is 0 Å². The number of nitrogens with one attached hydrogen (secondary N) is 2. The lowest BCUT2D eigenvalue weighted by atomic mass is 10.0. The summed E-state index contributed by atoms with van der Waals surface area (Å²) in [6, 6.07) is 15.2. The number of carbonyl (C=O) groups is 1. The largest absolute Gasteiger partial charge is 0.478 e. The van der Waals surface area contributed by atoms with E-state index in [-0.39, 0.29) is 5.57 Å². The molecule has 0 bridgehead atoms. The van der Waals surface area contributed by atoms with Gasteiger partial charge in [0.1, 0.15) is 0 Å². The Bertz CT molecular complexity index is 922. The molecule has 4 nitrogen and oxygen atoms in total. The standard InChI is InChI=1S/C20H18N2O2/c1-2-11-21-19-10-6-4-8-16(19)17(20(23)24)12-14-13-22-18-9-5-3-7-15(14)18/h2-10,12-13,21-22H,1,11H2,(H,23,24). The fraction of sp³-hybridized carbons (Fsp3) is 0.0500. The van der Waals surface area contributed by atoms with Gasteiger partial charge >= 0.3 is 5.97 Å². The summed E-state index contributed by atoms with van der Waals surface area (Å²) in [6.45, 7) is 4.25. The van der Waals surface area contributed by atoms with E-state index in [0.717, 1.165) is 22.2 Å². The molecule has 0 aliphatic rings. The fourth-order valence-corrected chi connectivity index (χ4v) is 2.68. The zero-order chi connectivity index (χ0) is 16.9. The zero-order valence-electron chi connectivity index (χ0n) is 13.1. The van der Waals surface area contributed by atoms with Crippen molar-refractivity contribution in [3.05, 3.63) is 78.5 Å². The van der Waals surface area contributed by atoms with Crippen molar-refractivity contribution in [2.45, 2.75) is 0 Å². The van der Waals surface area contributed by atoms with Crippen molar-refractivity contribution >= 4 is 34.2 Å². The van der Waals surface area contributed by atoms with E-state index in [4.69, 9.17) is 0 Å². The molecular formula is C20H18N2O2. The van der Waals surface area contributed by atoms with Gasteiger partial charge in [-0.3, -0.25) is 0 Å². The van der Waals surface area contributed by atoms with E-state index in [2.05, 4.69) is 16.9 Å². The van der Waals surface area contributed by atoms with Gasteiger partial charge in [-0.25, -0.2) is 4.79 Å². The number of rotatable bonds is 6. The smallest absolute Gasteiger partial charge is 0.336 e. The Balaban J connectivity index is 2.11. The van der Waals surface area contributed by atoms with Crippen LogP contribution in [0, 0.1) is 0 Å². The molecule has 0 fully saturated rings. The van der Waals surface area contributed by atoms with Crippen LogP contribution in [0.2, 0.25) is 0 Å². The summed E-state index contributed by atoms with van der Waals surface area (Å²) in [7, 11) is 0. The van der Waals surface area contributed by atoms with Gasteiger partial charge in [0.25, 0.3) is 0 Å². The van der Waals surface area contributed by atoms with Crippen LogP contribution in [0.15, 0.2) is 67.4 Å². The first-order valence-corrected chi connectivity index (χ1v) is 7.66. The summed E-state index contributed by atoms with van der Waals surface area (Å²) in [5.74, 6) is -0.965. The van der Waals surface area contributed by atoms with E-state index in [1.54, 1.807) is 18.2 Å². The molecule has 120 valence electrons. The highest BCUT2D eigenvalue weighted by Gasteiger charge is 2.15. The molecule has 3 aromatic rings. The van der Waals surface area contributed by atoms with Crippen LogP contribution < -0.4 is 5.32 Å². The molecule has 24 heavy (non-hydrogen) atoms. The van der Waals surface area contributed by atoms with Crippen molar-refractivity contribution in [2.75, 3.05) is 11.9 Å². The molecule has 0 amide bonds. The van der Waals surface area contributed by atoms with Crippen molar-refractivity contribution in [3.8, 4) is 0 Å². The van der Waals surface area contributed by atoms with Gasteiger partial charge in [0, 0.05) is 40.5 Å². The molecule has 4 heteroatoms. The molecule has 0 radical (unpaired) electrons. The van der Waals surface area contributed by atoms with E-state index in [1.807, 2.05) is 48.7 Å². The molecule has 0 aliphatic heterocycles. The number of aliphatic carboxylic acids is 1. The first kappa shape index (κ1) is 15.6. The van der Waals surface area contributed by atoms with Gasteiger partial charge in [-0.2, -0.15) is 0 Å². The third-order valence-electron chi connectivity index (χ3n) is 3.81. The Morgan fingerprint density at radius 2 is 1.92 bits per heavy atom. The third kappa shape index (κ3) is 3.08. The number of aromatic nitrogens is 1. The van der Waals surface area contributed by atoms with Crippen LogP contribution in [0.3, 0.4) is 0 Å². The summed E-state index contributed by atoms with van der Waals surface area (Å²) < 4.78 is 0. The monoisotopic (exact) mass is 318 g/mol. The second-order valence-electron chi connectivity index (χ2n) is 5.37. The molecule has 0 saturated heterocycles. The number of H-pyrrole nitrogens is 1. The Morgan fingerprint density at radius 1 is 1.17 bits per heavy atom. The summed E-state index contributed by atoms with van der Waals surface area (Å²) in [4.78, 5) is 15.0. The Labute approximate surface area is 140 Å². The summed E-state index contributed by atoms with van der Waals surface area (Å²) in [5.41, 5.74) is 3.49. The van der Waals surface area contributed by atoms with Crippen LogP contribution in [-0.4, -0.2) is 22.6 Å². The van der Waals surface area contributed by atoms with Gasteiger partial charge in [0.2, 0.25) is 0 Å². The Hall–Kier alpha value is -3.27. The lowest BCUT2D eigenvalue weighted by Crippen LogP contribution is -2.05. The number of benzene rings is 2. The minimum Gasteiger partial charge on any atom is -0.478 e. The number of anilines is 1. The van der Waals surface area contributed by atoms with E-state index >= 15 is 0 Å². The highest BCUT2D eigenvalue weighted by Crippen LogP contribution is 2.28. The SMILES string of the molecule is C=CCNc1ccccc1C(=Cc1c[nH]c2ccccc12)C(=O)O. The van der Waals surface area contributed by atoms with Gasteiger partial charge in [-0.15, -0.1) is 6.58 Å². The number of hydrogen-bond donors (Lipinski definition) is 3. The first-order valence-electron chi connectivity index (χ1n) is 7.66. The van der Waals surface area contributed by atoms with Gasteiger partial charge in [0.15, 0.2) is 0 Å². The predicted molar refractivity (Wildman–Crippen MR) is 98.9 cm³/mol. The summed E-state index contributed by atoms with van der Waals surface area (Å²) in [5, 5.41) is 13.9. The van der Waals surface area contributed by atoms with Crippen molar-refractivity contribution in [3.63, 3.8) is 0 Å². The topological polar surface area (TPSA) is 65.1 Å². The maximum absolute atomic E-state index is 11.9. The van der Waals surface area contributed by atoms with Crippen LogP contribution in [0.4, 0.5) is 5.69 Å². The minimum atomic E-state index is -0.965. The molecule has 3 rings (SSSR count). The number of carboxylic acid groups (broad SMARTS) is 1. The number of fused-ring (bicyclic) bond motifs is 1.